The first-order chi connectivity index (χ1) is 11.5. The second-order valence-electron chi connectivity index (χ2n) is 6.85. The summed E-state index contributed by atoms with van der Waals surface area (Å²) in [4.78, 5) is 15.9. The van der Waals surface area contributed by atoms with Gasteiger partial charge in [-0.3, -0.25) is 9.69 Å². The monoisotopic (exact) mass is 337 g/mol. The molecular weight excluding hydrogens is 312 g/mol. The van der Waals surface area contributed by atoms with Crippen molar-refractivity contribution in [3.8, 4) is 0 Å². The van der Waals surface area contributed by atoms with Gasteiger partial charge in [-0.2, -0.15) is 0 Å². The maximum Gasteiger partial charge on any atom is 0.217 e. The van der Waals surface area contributed by atoms with Crippen LogP contribution >= 0.6 is 0 Å². The lowest BCUT2D eigenvalue weighted by Crippen LogP contribution is -2.53. The van der Waals surface area contributed by atoms with Gasteiger partial charge in [0.1, 0.15) is 0 Å². The molecule has 2 saturated heterocycles. The van der Waals surface area contributed by atoms with Crippen molar-refractivity contribution in [3.63, 3.8) is 0 Å². The molecule has 2 heterocycles. The highest BCUT2D eigenvalue weighted by Crippen LogP contribution is 2.25. The van der Waals surface area contributed by atoms with Gasteiger partial charge in [0.05, 0.1) is 0 Å². The number of rotatable bonds is 3. The number of carbonyl (C=O) groups is 1. The normalized spacial score (nSPS) is 23.3. The molecule has 0 aliphatic carbocycles. The standard InChI is InChI=1S/C18H25F2N3O/c1-13(24)21-14-3-2-8-23(12-14)15-6-9-22(10-7-15)16-4-5-17(19)18(20)11-16/h4-5,11,14-15H,2-3,6-10,12H2,1H3,(H,21,24). The van der Waals surface area contributed by atoms with E-state index >= 15 is 0 Å². The van der Waals surface area contributed by atoms with Gasteiger partial charge in [-0.25, -0.2) is 8.78 Å². The summed E-state index contributed by atoms with van der Waals surface area (Å²) in [6.45, 7) is 5.24. The van der Waals surface area contributed by atoms with E-state index in [1.807, 2.05) is 0 Å². The Kier molecular flexibility index (Phi) is 5.33. The van der Waals surface area contributed by atoms with Crippen molar-refractivity contribution in [3.05, 3.63) is 29.8 Å². The number of anilines is 1. The highest BCUT2D eigenvalue weighted by Gasteiger charge is 2.29. The van der Waals surface area contributed by atoms with E-state index in [-0.39, 0.29) is 11.9 Å². The van der Waals surface area contributed by atoms with E-state index in [1.54, 1.807) is 13.0 Å². The summed E-state index contributed by atoms with van der Waals surface area (Å²) in [5.41, 5.74) is 0.752. The van der Waals surface area contributed by atoms with Crippen molar-refractivity contribution in [1.29, 1.82) is 0 Å². The van der Waals surface area contributed by atoms with E-state index < -0.39 is 11.6 Å². The fourth-order valence-electron chi connectivity index (χ4n) is 3.91. The Morgan fingerprint density at radius 2 is 1.88 bits per heavy atom. The van der Waals surface area contributed by atoms with Crippen LogP contribution in [0.2, 0.25) is 0 Å². The molecule has 132 valence electrons. The third-order valence-electron chi connectivity index (χ3n) is 5.11. The van der Waals surface area contributed by atoms with E-state index in [0.717, 1.165) is 57.5 Å². The number of hydrogen-bond acceptors (Lipinski definition) is 3. The van der Waals surface area contributed by atoms with Crippen LogP contribution in [0.3, 0.4) is 0 Å². The average molecular weight is 337 g/mol. The highest BCUT2D eigenvalue weighted by molar-refractivity contribution is 5.73. The Hall–Kier alpha value is -1.69. The van der Waals surface area contributed by atoms with Crippen molar-refractivity contribution in [2.75, 3.05) is 31.1 Å². The van der Waals surface area contributed by atoms with E-state index in [9.17, 15) is 13.6 Å². The van der Waals surface area contributed by atoms with Gasteiger partial charge in [0, 0.05) is 50.4 Å². The molecule has 1 amide bonds. The first-order valence-corrected chi connectivity index (χ1v) is 8.74. The van der Waals surface area contributed by atoms with Crippen LogP contribution in [0.1, 0.15) is 32.6 Å². The molecule has 0 spiro atoms. The number of carbonyl (C=O) groups excluding carboxylic acids is 1. The van der Waals surface area contributed by atoms with Gasteiger partial charge in [0.25, 0.3) is 0 Å². The Morgan fingerprint density at radius 1 is 1.12 bits per heavy atom. The number of halogens is 2. The molecule has 1 unspecified atom stereocenters. The molecule has 2 fully saturated rings. The van der Waals surface area contributed by atoms with E-state index in [2.05, 4.69) is 15.1 Å². The zero-order chi connectivity index (χ0) is 17.1. The van der Waals surface area contributed by atoms with Gasteiger partial charge < -0.3 is 10.2 Å². The third kappa shape index (κ3) is 4.04. The first-order valence-electron chi connectivity index (χ1n) is 8.74. The summed E-state index contributed by atoms with van der Waals surface area (Å²) in [5.74, 6) is -1.55. The molecule has 0 saturated carbocycles. The molecule has 0 aromatic heterocycles. The number of nitrogens with zero attached hydrogens (tertiary/aromatic N) is 2. The Labute approximate surface area is 141 Å². The van der Waals surface area contributed by atoms with Crippen LogP contribution in [0, 0.1) is 11.6 Å². The number of nitrogens with one attached hydrogen (secondary N) is 1. The molecule has 3 rings (SSSR count). The second-order valence-corrected chi connectivity index (χ2v) is 6.85. The van der Waals surface area contributed by atoms with Crippen molar-refractivity contribution < 1.29 is 13.6 Å². The first kappa shape index (κ1) is 17.1. The molecule has 1 atom stereocenters. The molecule has 1 aromatic carbocycles. The van der Waals surface area contributed by atoms with Crippen LogP contribution in [0.5, 0.6) is 0 Å². The number of amides is 1. The summed E-state index contributed by atoms with van der Waals surface area (Å²) in [6, 6.07) is 4.87. The second kappa shape index (κ2) is 7.47. The van der Waals surface area contributed by atoms with Gasteiger partial charge in [0.15, 0.2) is 11.6 Å². The van der Waals surface area contributed by atoms with Crippen LogP contribution in [-0.2, 0) is 4.79 Å². The number of benzene rings is 1. The van der Waals surface area contributed by atoms with E-state index in [4.69, 9.17) is 0 Å². The molecule has 0 bridgehead atoms. The van der Waals surface area contributed by atoms with Gasteiger partial charge in [-0.1, -0.05) is 0 Å². The molecule has 6 heteroatoms. The van der Waals surface area contributed by atoms with Gasteiger partial charge in [0.2, 0.25) is 5.91 Å². The molecule has 0 radical (unpaired) electrons. The van der Waals surface area contributed by atoms with Crippen molar-refractivity contribution in [1.82, 2.24) is 10.2 Å². The lowest BCUT2D eigenvalue weighted by Gasteiger charge is -2.43. The third-order valence-corrected chi connectivity index (χ3v) is 5.11. The SMILES string of the molecule is CC(=O)NC1CCCN(C2CCN(c3ccc(F)c(F)c3)CC2)C1. The predicted octanol–water partition coefficient (Wildman–Crippen LogP) is 2.53. The van der Waals surface area contributed by atoms with Crippen LogP contribution < -0.4 is 10.2 Å². The minimum Gasteiger partial charge on any atom is -0.371 e. The van der Waals surface area contributed by atoms with Crippen molar-refractivity contribution in [2.45, 2.75) is 44.7 Å². The number of piperidine rings is 2. The zero-order valence-electron chi connectivity index (χ0n) is 14.1. The summed E-state index contributed by atoms with van der Waals surface area (Å²) in [5, 5.41) is 3.03. The van der Waals surface area contributed by atoms with Crippen molar-refractivity contribution in [2.24, 2.45) is 0 Å². The summed E-state index contributed by atoms with van der Waals surface area (Å²) in [7, 11) is 0. The smallest absolute Gasteiger partial charge is 0.217 e. The molecule has 1 N–H and O–H groups in total. The quantitative estimate of drug-likeness (QED) is 0.921. The fraction of sp³-hybridized carbons (Fsp3) is 0.611. The molecule has 4 nitrogen and oxygen atoms in total. The van der Waals surface area contributed by atoms with Crippen LogP contribution in [0.15, 0.2) is 18.2 Å². The van der Waals surface area contributed by atoms with Crippen molar-refractivity contribution >= 4 is 11.6 Å². The van der Waals surface area contributed by atoms with Gasteiger partial charge in [-0.15, -0.1) is 0 Å². The summed E-state index contributed by atoms with van der Waals surface area (Å²) in [6.07, 6.45) is 4.16. The molecule has 2 aliphatic heterocycles. The minimum atomic E-state index is -0.800. The van der Waals surface area contributed by atoms with E-state index in [1.165, 1.54) is 12.1 Å². The molecule has 2 aliphatic rings. The fourth-order valence-corrected chi connectivity index (χ4v) is 3.91. The maximum atomic E-state index is 13.4. The lowest BCUT2D eigenvalue weighted by molar-refractivity contribution is -0.120. The Bertz CT molecular complexity index is 588. The van der Waals surface area contributed by atoms with Crippen LogP contribution in [0.4, 0.5) is 14.5 Å². The van der Waals surface area contributed by atoms with E-state index in [0.29, 0.717) is 6.04 Å². The highest BCUT2D eigenvalue weighted by atomic mass is 19.2. The van der Waals surface area contributed by atoms with Gasteiger partial charge >= 0.3 is 0 Å². The topological polar surface area (TPSA) is 35.6 Å². The predicted molar refractivity (Wildman–Crippen MR) is 90.0 cm³/mol. The summed E-state index contributed by atoms with van der Waals surface area (Å²) >= 11 is 0. The average Bonchev–Trinajstić information content (AvgIpc) is 2.57. The van der Waals surface area contributed by atoms with Gasteiger partial charge in [-0.05, 0) is 44.4 Å². The van der Waals surface area contributed by atoms with Crippen LogP contribution in [0.25, 0.3) is 0 Å². The van der Waals surface area contributed by atoms with Crippen LogP contribution in [-0.4, -0.2) is 49.1 Å². The maximum absolute atomic E-state index is 13.4. The number of hydrogen-bond donors (Lipinski definition) is 1. The largest absolute Gasteiger partial charge is 0.371 e. The minimum absolute atomic E-state index is 0.0370. The molecule has 1 aromatic rings. The number of likely N-dealkylation sites (tertiary alicyclic amines) is 1. The molecular formula is C18H25F2N3O. The Morgan fingerprint density at radius 3 is 2.54 bits per heavy atom. The molecule has 24 heavy (non-hydrogen) atoms. The summed E-state index contributed by atoms with van der Waals surface area (Å²) < 4.78 is 26.5. The lowest BCUT2D eigenvalue weighted by atomic mass is 9.97. The zero-order valence-corrected chi connectivity index (χ0v) is 14.1. The Balaban J connectivity index is 1.54.